The number of hydrogen-bond acceptors (Lipinski definition) is 3. The van der Waals surface area contributed by atoms with Gasteiger partial charge in [-0.15, -0.1) is 11.3 Å². The van der Waals surface area contributed by atoms with Gasteiger partial charge in [-0.05, 0) is 25.1 Å². The van der Waals surface area contributed by atoms with Gasteiger partial charge in [-0.1, -0.05) is 13.8 Å². The van der Waals surface area contributed by atoms with E-state index in [0.717, 1.165) is 32.7 Å². The van der Waals surface area contributed by atoms with Crippen molar-refractivity contribution in [3.8, 4) is 0 Å². The summed E-state index contributed by atoms with van der Waals surface area (Å²) in [6.07, 6.45) is 1.13. The molecular formula is C11H19NOS. The molecule has 3 heteroatoms. The van der Waals surface area contributed by atoms with Crippen LogP contribution in [0.2, 0.25) is 0 Å². The summed E-state index contributed by atoms with van der Waals surface area (Å²) < 4.78 is 5.53. The van der Waals surface area contributed by atoms with Crippen molar-refractivity contribution >= 4 is 11.3 Å². The van der Waals surface area contributed by atoms with Crippen LogP contribution in [-0.4, -0.2) is 19.7 Å². The first-order valence-corrected chi connectivity index (χ1v) is 6.04. The van der Waals surface area contributed by atoms with Gasteiger partial charge in [-0.2, -0.15) is 0 Å². The van der Waals surface area contributed by atoms with Crippen LogP contribution in [0, 0.1) is 0 Å². The van der Waals surface area contributed by atoms with E-state index >= 15 is 0 Å². The zero-order chi connectivity index (χ0) is 10.2. The minimum Gasteiger partial charge on any atom is -0.375 e. The molecule has 0 aromatic carbocycles. The van der Waals surface area contributed by atoms with Crippen molar-refractivity contribution in [2.24, 2.45) is 0 Å². The number of thiophene rings is 1. The van der Waals surface area contributed by atoms with Crippen LogP contribution in [0.5, 0.6) is 0 Å². The highest BCUT2D eigenvalue weighted by Gasteiger charge is 1.97. The van der Waals surface area contributed by atoms with Crippen molar-refractivity contribution in [2.45, 2.75) is 26.9 Å². The fourth-order valence-corrected chi connectivity index (χ4v) is 2.08. The van der Waals surface area contributed by atoms with Crippen LogP contribution in [0.1, 0.15) is 23.6 Å². The lowest BCUT2D eigenvalue weighted by molar-refractivity contribution is 0.125. The summed E-state index contributed by atoms with van der Waals surface area (Å²) in [5.41, 5.74) is 0. The molecule has 1 heterocycles. The quantitative estimate of drug-likeness (QED) is 0.702. The molecule has 0 radical (unpaired) electrons. The van der Waals surface area contributed by atoms with E-state index in [-0.39, 0.29) is 0 Å². The SMILES string of the molecule is CCNCCOCc1ccc(CC)s1. The Kier molecular flexibility index (Phi) is 5.83. The van der Waals surface area contributed by atoms with E-state index in [1.54, 1.807) is 0 Å². The lowest BCUT2D eigenvalue weighted by atomic mass is 10.4. The highest BCUT2D eigenvalue weighted by atomic mass is 32.1. The molecule has 1 N–H and O–H groups in total. The Balaban J connectivity index is 2.12. The largest absolute Gasteiger partial charge is 0.375 e. The van der Waals surface area contributed by atoms with Gasteiger partial charge in [0.1, 0.15) is 0 Å². The van der Waals surface area contributed by atoms with Gasteiger partial charge >= 0.3 is 0 Å². The van der Waals surface area contributed by atoms with Crippen LogP contribution in [0.25, 0.3) is 0 Å². The number of hydrogen-bond donors (Lipinski definition) is 1. The van der Waals surface area contributed by atoms with Crippen molar-refractivity contribution in [3.63, 3.8) is 0 Å². The Morgan fingerprint density at radius 1 is 1.29 bits per heavy atom. The van der Waals surface area contributed by atoms with Gasteiger partial charge in [0.2, 0.25) is 0 Å². The molecule has 1 aromatic rings. The van der Waals surface area contributed by atoms with Gasteiger partial charge in [-0.3, -0.25) is 0 Å². The zero-order valence-electron chi connectivity index (χ0n) is 9.01. The monoisotopic (exact) mass is 213 g/mol. The van der Waals surface area contributed by atoms with Crippen LogP contribution < -0.4 is 5.32 Å². The molecule has 0 amide bonds. The number of nitrogens with one attached hydrogen (secondary N) is 1. The van der Waals surface area contributed by atoms with E-state index < -0.39 is 0 Å². The third-order valence-corrected chi connectivity index (χ3v) is 3.19. The Bertz CT molecular complexity index is 247. The maximum atomic E-state index is 5.53. The first kappa shape index (κ1) is 11.7. The van der Waals surface area contributed by atoms with E-state index in [4.69, 9.17) is 4.74 Å². The summed E-state index contributed by atoms with van der Waals surface area (Å²) in [6.45, 7) is 7.81. The van der Waals surface area contributed by atoms with Crippen molar-refractivity contribution in [2.75, 3.05) is 19.7 Å². The molecule has 0 unspecified atom stereocenters. The summed E-state index contributed by atoms with van der Waals surface area (Å²) in [7, 11) is 0. The fraction of sp³-hybridized carbons (Fsp3) is 0.636. The summed E-state index contributed by atoms with van der Waals surface area (Å²) >= 11 is 1.85. The topological polar surface area (TPSA) is 21.3 Å². The lowest BCUT2D eigenvalue weighted by Crippen LogP contribution is -2.18. The molecule has 0 saturated heterocycles. The molecule has 0 bridgehead atoms. The molecule has 14 heavy (non-hydrogen) atoms. The Morgan fingerprint density at radius 2 is 2.07 bits per heavy atom. The molecule has 2 nitrogen and oxygen atoms in total. The van der Waals surface area contributed by atoms with Crippen LogP contribution in [0.3, 0.4) is 0 Å². The average Bonchev–Trinajstić information content (AvgIpc) is 2.65. The van der Waals surface area contributed by atoms with Crippen LogP contribution in [0.15, 0.2) is 12.1 Å². The van der Waals surface area contributed by atoms with E-state index in [1.807, 2.05) is 11.3 Å². The predicted molar refractivity (Wildman–Crippen MR) is 61.9 cm³/mol. The minimum atomic E-state index is 0.760. The van der Waals surface area contributed by atoms with Crippen LogP contribution >= 0.6 is 11.3 Å². The zero-order valence-corrected chi connectivity index (χ0v) is 9.82. The lowest BCUT2D eigenvalue weighted by Gasteiger charge is -2.02. The van der Waals surface area contributed by atoms with E-state index in [9.17, 15) is 0 Å². The van der Waals surface area contributed by atoms with Crippen molar-refractivity contribution in [3.05, 3.63) is 21.9 Å². The van der Waals surface area contributed by atoms with Gasteiger partial charge in [-0.25, -0.2) is 0 Å². The standard InChI is InChI=1S/C11H19NOS/c1-3-10-5-6-11(14-10)9-13-8-7-12-4-2/h5-6,12H,3-4,7-9H2,1-2H3. The Morgan fingerprint density at radius 3 is 2.71 bits per heavy atom. The molecule has 0 aliphatic rings. The molecule has 80 valence electrons. The van der Waals surface area contributed by atoms with Crippen molar-refractivity contribution < 1.29 is 4.74 Å². The highest BCUT2D eigenvalue weighted by molar-refractivity contribution is 7.11. The number of rotatable bonds is 7. The molecule has 0 spiro atoms. The average molecular weight is 213 g/mol. The normalized spacial score (nSPS) is 10.7. The molecule has 1 rings (SSSR count). The molecule has 1 aromatic heterocycles. The number of ether oxygens (including phenoxy) is 1. The van der Waals surface area contributed by atoms with Crippen molar-refractivity contribution in [1.82, 2.24) is 5.32 Å². The maximum Gasteiger partial charge on any atom is 0.0810 e. The van der Waals surface area contributed by atoms with Gasteiger partial charge in [0.05, 0.1) is 13.2 Å². The molecule has 0 fully saturated rings. The van der Waals surface area contributed by atoms with Gasteiger partial charge < -0.3 is 10.1 Å². The molecule has 0 aliphatic carbocycles. The second-order valence-corrected chi connectivity index (χ2v) is 4.38. The first-order chi connectivity index (χ1) is 6.86. The van der Waals surface area contributed by atoms with Crippen molar-refractivity contribution in [1.29, 1.82) is 0 Å². The number of aryl methyl sites for hydroxylation is 1. The second-order valence-electron chi connectivity index (χ2n) is 3.13. The molecular weight excluding hydrogens is 194 g/mol. The molecule has 0 aliphatic heterocycles. The fourth-order valence-electron chi connectivity index (χ4n) is 1.18. The Labute approximate surface area is 90.3 Å². The van der Waals surface area contributed by atoms with Crippen LogP contribution in [-0.2, 0) is 17.8 Å². The number of likely N-dealkylation sites (N-methyl/N-ethyl adjacent to an activating group) is 1. The van der Waals surface area contributed by atoms with E-state index in [2.05, 4.69) is 31.3 Å². The first-order valence-electron chi connectivity index (χ1n) is 5.22. The highest BCUT2D eigenvalue weighted by Crippen LogP contribution is 2.17. The third-order valence-electron chi connectivity index (χ3n) is 1.98. The van der Waals surface area contributed by atoms with E-state index in [1.165, 1.54) is 9.75 Å². The second kappa shape index (κ2) is 6.98. The summed E-state index contributed by atoms with van der Waals surface area (Å²) in [5.74, 6) is 0. The van der Waals surface area contributed by atoms with Gasteiger partial charge in [0.15, 0.2) is 0 Å². The third kappa shape index (κ3) is 4.22. The summed E-state index contributed by atoms with van der Waals surface area (Å²) in [4.78, 5) is 2.77. The van der Waals surface area contributed by atoms with Gasteiger partial charge in [0.25, 0.3) is 0 Å². The Hall–Kier alpha value is -0.380. The maximum absolute atomic E-state index is 5.53. The van der Waals surface area contributed by atoms with Crippen LogP contribution in [0.4, 0.5) is 0 Å². The smallest absolute Gasteiger partial charge is 0.0810 e. The van der Waals surface area contributed by atoms with Gasteiger partial charge in [0, 0.05) is 16.3 Å². The predicted octanol–water partition coefficient (Wildman–Crippen LogP) is 2.44. The van der Waals surface area contributed by atoms with E-state index in [0.29, 0.717) is 0 Å². The summed E-state index contributed by atoms with van der Waals surface area (Å²) in [6, 6.07) is 4.35. The minimum absolute atomic E-state index is 0.760. The molecule has 0 saturated carbocycles. The molecule has 0 atom stereocenters. The summed E-state index contributed by atoms with van der Waals surface area (Å²) in [5, 5.41) is 3.23.